The molecule has 7 nitrogen and oxygen atoms in total. The van der Waals surface area contributed by atoms with E-state index in [1.54, 1.807) is 0 Å². The Hall–Kier alpha value is -3.09. The van der Waals surface area contributed by atoms with E-state index in [0.29, 0.717) is 16.7 Å². The van der Waals surface area contributed by atoms with Crippen molar-refractivity contribution < 1.29 is 9.42 Å². The van der Waals surface area contributed by atoms with Crippen LogP contribution in [0.3, 0.4) is 0 Å². The number of aromatic nitrogens is 2. The molecule has 0 atom stereocenters. The number of piperidine rings is 1. The number of amides is 2. The van der Waals surface area contributed by atoms with Crippen LogP contribution in [0.15, 0.2) is 41.0 Å². The first kappa shape index (κ1) is 16.4. The van der Waals surface area contributed by atoms with Gasteiger partial charge in [-0.05, 0) is 60.3 Å². The van der Waals surface area contributed by atoms with Gasteiger partial charge in [0, 0.05) is 18.8 Å². The molecule has 2 aromatic carbocycles. The molecule has 0 unspecified atom stereocenters. The van der Waals surface area contributed by atoms with Crippen LogP contribution in [0, 0.1) is 6.92 Å². The first-order chi connectivity index (χ1) is 12.7. The Morgan fingerprint density at radius 3 is 2.50 bits per heavy atom. The van der Waals surface area contributed by atoms with Gasteiger partial charge in [0.1, 0.15) is 0 Å². The number of nitrogens with zero attached hydrogens (tertiary/aromatic N) is 3. The van der Waals surface area contributed by atoms with Crippen LogP contribution in [0.5, 0.6) is 0 Å². The van der Waals surface area contributed by atoms with Crippen LogP contribution in [-0.2, 0) is 0 Å². The van der Waals surface area contributed by atoms with Crippen molar-refractivity contribution in [1.82, 2.24) is 10.3 Å². The van der Waals surface area contributed by atoms with Crippen LogP contribution in [0.25, 0.3) is 11.0 Å². The van der Waals surface area contributed by atoms with Crippen LogP contribution in [0.1, 0.15) is 24.8 Å². The molecule has 7 heteroatoms. The number of benzene rings is 2. The lowest BCUT2D eigenvalue weighted by molar-refractivity contribution is 0.262. The molecule has 4 rings (SSSR count). The Bertz CT molecular complexity index is 931. The Labute approximate surface area is 151 Å². The van der Waals surface area contributed by atoms with E-state index >= 15 is 0 Å². The highest BCUT2D eigenvalue weighted by atomic mass is 16.6. The zero-order valence-corrected chi connectivity index (χ0v) is 14.7. The number of para-hydroxylation sites is 1. The zero-order chi connectivity index (χ0) is 17.9. The van der Waals surface area contributed by atoms with Crippen molar-refractivity contribution in [3.05, 3.63) is 42.0 Å². The van der Waals surface area contributed by atoms with E-state index in [1.807, 2.05) is 43.3 Å². The number of rotatable bonds is 3. The van der Waals surface area contributed by atoms with Gasteiger partial charge in [-0.2, -0.15) is 0 Å². The first-order valence-electron chi connectivity index (χ1n) is 8.86. The molecule has 1 fully saturated rings. The number of fused-ring (bicyclic) bond motifs is 1. The number of nitrogens with one attached hydrogen (secondary N) is 2. The zero-order valence-electron chi connectivity index (χ0n) is 14.7. The van der Waals surface area contributed by atoms with Gasteiger partial charge in [0.25, 0.3) is 0 Å². The van der Waals surface area contributed by atoms with E-state index in [1.165, 1.54) is 19.3 Å². The van der Waals surface area contributed by atoms with Crippen LogP contribution in [-0.4, -0.2) is 29.4 Å². The van der Waals surface area contributed by atoms with Crippen LogP contribution in [0.4, 0.5) is 21.9 Å². The molecule has 0 saturated carbocycles. The van der Waals surface area contributed by atoms with E-state index in [2.05, 4.69) is 25.8 Å². The van der Waals surface area contributed by atoms with Gasteiger partial charge in [-0.3, -0.25) is 0 Å². The van der Waals surface area contributed by atoms with E-state index < -0.39 is 0 Å². The summed E-state index contributed by atoms with van der Waals surface area (Å²) in [5.41, 5.74) is 4.59. The van der Waals surface area contributed by atoms with Gasteiger partial charge in [-0.25, -0.2) is 9.42 Å². The lowest BCUT2D eigenvalue weighted by Gasteiger charge is -2.28. The standard InChI is InChI=1S/C19H21N5O2/c1-13-7-3-4-8-14(13)20-19(25)21-15-9-10-16(18-17(15)22-26-23-18)24-11-5-2-6-12-24/h3-4,7-10H,2,5-6,11-12H2,1H3,(H2,20,21,25). The molecule has 0 radical (unpaired) electrons. The molecule has 0 bridgehead atoms. The molecule has 26 heavy (non-hydrogen) atoms. The van der Waals surface area contributed by atoms with Crippen molar-refractivity contribution in [3.63, 3.8) is 0 Å². The lowest BCUT2D eigenvalue weighted by atomic mass is 10.1. The molecule has 3 aromatic rings. The second kappa shape index (κ2) is 7.03. The predicted molar refractivity (Wildman–Crippen MR) is 102 cm³/mol. The topological polar surface area (TPSA) is 83.3 Å². The Morgan fingerprint density at radius 1 is 0.962 bits per heavy atom. The molecule has 0 spiro atoms. The molecule has 2 amide bonds. The van der Waals surface area contributed by atoms with Crippen molar-refractivity contribution in [1.29, 1.82) is 0 Å². The highest BCUT2D eigenvalue weighted by Crippen LogP contribution is 2.31. The summed E-state index contributed by atoms with van der Waals surface area (Å²) in [6.45, 7) is 3.95. The number of carbonyl (C=O) groups excluding carboxylic acids is 1. The summed E-state index contributed by atoms with van der Waals surface area (Å²) in [6, 6.07) is 11.1. The highest BCUT2D eigenvalue weighted by molar-refractivity contribution is 6.06. The molecular weight excluding hydrogens is 330 g/mol. The summed E-state index contributed by atoms with van der Waals surface area (Å²) in [5.74, 6) is 0. The SMILES string of the molecule is Cc1ccccc1NC(=O)Nc1ccc(N2CCCCC2)c2nonc12. The van der Waals surface area contributed by atoms with Gasteiger partial charge in [0.2, 0.25) is 0 Å². The number of hydrogen-bond donors (Lipinski definition) is 2. The molecule has 2 N–H and O–H groups in total. The smallest absolute Gasteiger partial charge is 0.323 e. The summed E-state index contributed by atoms with van der Waals surface area (Å²) < 4.78 is 4.96. The fraction of sp³-hybridized carbons (Fsp3) is 0.316. The Balaban J connectivity index is 1.56. The Kier molecular flexibility index (Phi) is 4.43. The largest absolute Gasteiger partial charge is 0.370 e. The van der Waals surface area contributed by atoms with Crippen LogP contribution < -0.4 is 15.5 Å². The van der Waals surface area contributed by atoms with Gasteiger partial charge >= 0.3 is 6.03 Å². The van der Waals surface area contributed by atoms with E-state index in [0.717, 1.165) is 30.0 Å². The van der Waals surface area contributed by atoms with Gasteiger partial charge in [0.15, 0.2) is 11.0 Å². The third kappa shape index (κ3) is 3.20. The number of aryl methyl sites for hydroxylation is 1. The minimum Gasteiger partial charge on any atom is -0.370 e. The second-order valence-electron chi connectivity index (χ2n) is 6.54. The van der Waals surface area contributed by atoms with Gasteiger partial charge < -0.3 is 15.5 Å². The van der Waals surface area contributed by atoms with Crippen molar-refractivity contribution in [2.75, 3.05) is 28.6 Å². The third-order valence-corrected chi connectivity index (χ3v) is 4.73. The summed E-state index contributed by atoms with van der Waals surface area (Å²) in [7, 11) is 0. The van der Waals surface area contributed by atoms with Gasteiger partial charge in [-0.1, -0.05) is 18.2 Å². The number of anilines is 3. The van der Waals surface area contributed by atoms with Gasteiger partial charge in [0.05, 0.1) is 11.4 Å². The van der Waals surface area contributed by atoms with Crippen molar-refractivity contribution in [2.24, 2.45) is 0 Å². The quantitative estimate of drug-likeness (QED) is 0.740. The molecule has 1 aliphatic heterocycles. The fourth-order valence-electron chi connectivity index (χ4n) is 3.33. The van der Waals surface area contributed by atoms with E-state index in [4.69, 9.17) is 4.63 Å². The molecule has 1 aromatic heterocycles. The molecule has 1 aliphatic rings. The number of urea groups is 1. The summed E-state index contributed by atoms with van der Waals surface area (Å²) in [6.07, 6.45) is 3.60. The average molecular weight is 351 g/mol. The molecular formula is C19H21N5O2. The van der Waals surface area contributed by atoms with Crippen LogP contribution in [0.2, 0.25) is 0 Å². The highest BCUT2D eigenvalue weighted by Gasteiger charge is 2.19. The average Bonchev–Trinajstić information content (AvgIpc) is 3.15. The minimum absolute atomic E-state index is 0.325. The van der Waals surface area contributed by atoms with E-state index in [9.17, 15) is 4.79 Å². The van der Waals surface area contributed by atoms with Crippen molar-refractivity contribution in [3.8, 4) is 0 Å². The normalized spacial score (nSPS) is 14.4. The molecule has 134 valence electrons. The second-order valence-corrected chi connectivity index (χ2v) is 6.54. The molecule has 1 saturated heterocycles. The maximum atomic E-state index is 12.4. The maximum absolute atomic E-state index is 12.4. The van der Waals surface area contributed by atoms with Crippen molar-refractivity contribution in [2.45, 2.75) is 26.2 Å². The van der Waals surface area contributed by atoms with E-state index in [-0.39, 0.29) is 6.03 Å². The minimum atomic E-state index is -0.325. The van der Waals surface area contributed by atoms with Crippen molar-refractivity contribution >= 4 is 34.1 Å². The molecule has 2 heterocycles. The maximum Gasteiger partial charge on any atom is 0.323 e. The summed E-state index contributed by atoms with van der Waals surface area (Å²) in [4.78, 5) is 14.7. The van der Waals surface area contributed by atoms with Crippen LogP contribution >= 0.6 is 0 Å². The summed E-state index contributed by atoms with van der Waals surface area (Å²) >= 11 is 0. The fourth-order valence-corrected chi connectivity index (χ4v) is 3.33. The third-order valence-electron chi connectivity index (χ3n) is 4.73. The van der Waals surface area contributed by atoms with Gasteiger partial charge in [-0.15, -0.1) is 0 Å². The predicted octanol–water partition coefficient (Wildman–Crippen LogP) is 4.17. The number of hydrogen-bond acceptors (Lipinski definition) is 5. The lowest BCUT2D eigenvalue weighted by Crippen LogP contribution is -2.29. The Morgan fingerprint density at radius 2 is 1.69 bits per heavy atom. The molecule has 0 aliphatic carbocycles. The first-order valence-corrected chi connectivity index (χ1v) is 8.86. The monoisotopic (exact) mass is 351 g/mol. The summed E-state index contributed by atoms with van der Waals surface area (Å²) in [5, 5.41) is 13.8. The number of carbonyl (C=O) groups is 1.